The predicted octanol–water partition coefficient (Wildman–Crippen LogP) is 4.05. The minimum absolute atomic E-state index is 0.223. The number of nitrogens with zero attached hydrogens (tertiary/aromatic N) is 1. The molecule has 1 aliphatic heterocycles. The number of alkyl halides is 3. The Morgan fingerprint density at radius 1 is 0.970 bits per heavy atom. The van der Waals surface area contributed by atoms with Crippen molar-refractivity contribution in [3.05, 3.63) is 52.1 Å². The van der Waals surface area contributed by atoms with E-state index < -0.39 is 40.8 Å². The maximum Gasteiger partial charge on any atom is 0.416 e. The molecule has 0 aromatic heterocycles. The Kier molecular flexibility index (Phi) is 6.54. The van der Waals surface area contributed by atoms with Crippen LogP contribution in [0.15, 0.2) is 35.9 Å². The van der Waals surface area contributed by atoms with Gasteiger partial charge in [-0.3, -0.25) is 14.9 Å². The van der Waals surface area contributed by atoms with E-state index in [1.165, 1.54) is 33.5 Å². The highest BCUT2D eigenvalue weighted by atomic mass is 35.5. The van der Waals surface area contributed by atoms with Crippen LogP contribution in [0.5, 0.6) is 17.2 Å². The molecule has 8 nitrogen and oxygen atoms in total. The fourth-order valence-corrected chi connectivity index (χ4v) is 3.29. The van der Waals surface area contributed by atoms with Crippen LogP contribution in [0, 0.1) is 0 Å². The van der Waals surface area contributed by atoms with Crippen molar-refractivity contribution in [3.8, 4) is 17.2 Å². The molecule has 174 valence electrons. The topological polar surface area (TPSA) is 94.2 Å². The molecule has 1 saturated heterocycles. The third kappa shape index (κ3) is 4.58. The number of methoxy groups -OCH3 is 3. The largest absolute Gasteiger partial charge is 0.493 e. The summed E-state index contributed by atoms with van der Waals surface area (Å²) in [5.74, 6) is -1.51. The Balaban J connectivity index is 2.11. The SMILES string of the molecule is COc1cc(/C=C2\C(=O)NC(=O)N(c3cc(C(F)(F)F)ccc3Cl)C2=O)cc(OC)c1OC. The number of rotatable bonds is 5. The van der Waals surface area contributed by atoms with Crippen molar-refractivity contribution >= 4 is 41.2 Å². The first-order chi connectivity index (χ1) is 15.5. The number of carbonyl (C=O) groups excluding carboxylic acids is 3. The molecule has 1 aliphatic rings. The van der Waals surface area contributed by atoms with Crippen molar-refractivity contribution in [1.29, 1.82) is 0 Å². The quantitative estimate of drug-likeness (QED) is 0.508. The summed E-state index contributed by atoms with van der Waals surface area (Å²) >= 11 is 5.97. The Labute approximate surface area is 190 Å². The number of carbonyl (C=O) groups is 3. The predicted molar refractivity (Wildman–Crippen MR) is 112 cm³/mol. The van der Waals surface area contributed by atoms with E-state index in [0.717, 1.165) is 12.1 Å². The fraction of sp³-hybridized carbons (Fsp3) is 0.190. The first-order valence-electron chi connectivity index (χ1n) is 9.10. The zero-order chi connectivity index (χ0) is 24.5. The number of anilines is 1. The number of benzene rings is 2. The number of hydrogen-bond donors (Lipinski definition) is 1. The molecule has 4 amide bonds. The lowest BCUT2D eigenvalue weighted by atomic mass is 10.1. The van der Waals surface area contributed by atoms with Crippen LogP contribution in [-0.2, 0) is 15.8 Å². The molecule has 0 spiro atoms. The second-order valence-corrected chi connectivity index (χ2v) is 6.99. The van der Waals surface area contributed by atoms with Gasteiger partial charge in [0.05, 0.1) is 37.6 Å². The minimum Gasteiger partial charge on any atom is -0.493 e. The monoisotopic (exact) mass is 484 g/mol. The van der Waals surface area contributed by atoms with Crippen molar-refractivity contribution in [3.63, 3.8) is 0 Å². The Morgan fingerprint density at radius 3 is 2.09 bits per heavy atom. The summed E-state index contributed by atoms with van der Waals surface area (Å²) in [5.41, 5.74) is -1.93. The summed E-state index contributed by atoms with van der Waals surface area (Å²) < 4.78 is 55.1. The normalized spacial score (nSPS) is 15.5. The summed E-state index contributed by atoms with van der Waals surface area (Å²) in [4.78, 5) is 38.2. The zero-order valence-electron chi connectivity index (χ0n) is 17.4. The number of ether oxygens (including phenoxy) is 3. The molecule has 0 unspecified atom stereocenters. The molecule has 0 aliphatic carbocycles. The molecule has 0 bridgehead atoms. The second kappa shape index (κ2) is 9.02. The molecule has 1 N–H and O–H groups in total. The van der Waals surface area contributed by atoms with Crippen LogP contribution in [0.3, 0.4) is 0 Å². The van der Waals surface area contributed by atoms with Crippen LogP contribution in [0.2, 0.25) is 5.02 Å². The molecule has 2 aromatic carbocycles. The van der Waals surface area contributed by atoms with E-state index in [1.807, 2.05) is 5.32 Å². The molecule has 1 heterocycles. The van der Waals surface area contributed by atoms with Gasteiger partial charge in [-0.15, -0.1) is 0 Å². The van der Waals surface area contributed by atoms with Gasteiger partial charge in [-0.2, -0.15) is 13.2 Å². The van der Waals surface area contributed by atoms with Crippen LogP contribution < -0.4 is 24.4 Å². The van der Waals surface area contributed by atoms with E-state index in [1.54, 1.807) is 0 Å². The summed E-state index contributed by atoms with van der Waals surface area (Å²) in [6, 6.07) is 3.79. The Morgan fingerprint density at radius 2 is 1.58 bits per heavy atom. The van der Waals surface area contributed by atoms with Gasteiger partial charge in [0.2, 0.25) is 5.75 Å². The molecule has 0 radical (unpaired) electrons. The third-order valence-corrected chi connectivity index (χ3v) is 4.93. The van der Waals surface area contributed by atoms with Gasteiger partial charge < -0.3 is 14.2 Å². The van der Waals surface area contributed by atoms with Crippen LogP contribution in [-0.4, -0.2) is 39.2 Å². The van der Waals surface area contributed by atoms with Gasteiger partial charge in [0.25, 0.3) is 11.8 Å². The number of nitrogens with one attached hydrogen (secondary N) is 1. The number of amides is 4. The van der Waals surface area contributed by atoms with E-state index in [2.05, 4.69) is 0 Å². The lowest BCUT2D eigenvalue weighted by molar-refractivity contribution is -0.137. The van der Waals surface area contributed by atoms with Crippen LogP contribution in [0.4, 0.5) is 23.7 Å². The lowest BCUT2D eigenvalue weighted by Crippen LogP contribution is -2.54. The summed E-state index contributed by atoms with van der Waals surface area (Å²) in [5, 5.41) is 1.63. The van der Waals surface area contributed by atoms with E-state index >= 15 is 0 Å². The highest BCUT2D eigenvalue weighted by molar-refractivity contribution is 6.42. The zero-order valence-corrected chi connectivity index (χ0v) is 18.1. The fourth-order valence-electron chi connectivity index (χ4n) is 3.09. The average Bonchev–Trinajstić information content (AvgIpc) is 2.76. The molecule has 0 saturated carbocycles. The van der Waals surface area contributed by atoms with E-state index in [-0.39, 0.29) is 27.8 Å². The molecule has 1 fully saturated rings. The highest BCUT2D eigenvalue weighted by Gasteiger charge is 2.39. The third-order valence-electron chi connectivity index (χ3n) is 4.61. The number of halogens is 4. The lowest BCUT2D eigenvalue weighted by Gasteiger charge is -2.27. The first kappa shape index (κ1) is 23.9. The molecule has 3 rings (SSSR count). The number of hydrogen-bond acceptors (Lipinski definition) is 6. The Bertz CT molecular complexity index is 1150. The molecule has 12 heteroatoms. The van der Waals surface area contributed by atoms with Crippen molar-refractivity contribution in [2.24, 2.45) is 0 Å². The van der Waals surface area contributed by atoms with Gasteiger partial charge in [-0.1, -0.05) is 11.6 Å². The van der Waals surface area contributed by atoms with Crippen LogP contribution in [0.1, 0.15) is 11.1 Å². The second-order valence-electron chi connectivity index (χ2n) is 6.58. The number of imide groups is 2. The van der Waals surface area contributed by atoms with Gasteiger partial charge in [0.1, 0.15) is 5.57 Å². The number of barbiturate groups is 1. The average molecular weight is 485 g/mol. The van der Waals surface area contributed by atoms with Crippen molar-refractivity contribution in [2.45, 2.75) is 6.18 Å². The summed E-state index contributed by atoms with van der Waals surface area (Å²) in [6.07, 6.45) is -3.62. The van der Waals surface area contributed by atoms with Crippen molar-refractivity contribution < 1.29 is 41.8 Å². The van der Waals surface area contributed by atoms with Crippen molar-refractivity contribution in [2.75, 3.05) is 26.2 Å². The molecular weight excluding hydrogens is 469 g/mol. The van der Waals surface area contributed by atoms with Crippen LogP contribution in [0.25, 0.3) is 6.08 Å². The molecule has 0 atom stereocenters. The Hall–Kier alpha value is -3.73. The van der Waals surface area contributed by atoms with Gasteiger partial charge in [0.15, 0.2) is 11.5 Å². The minimum atomic E-state index is -4.75. The standard InChI is InChI=1S/C21H16ClF3N2O6/c1-31-15-7-10(8-16(32-2)17(15)33-3)6-12-18(28)26-20(30)27(19(12)29)14-9-11(21(23,24)25)4-5-13(14)22/h4-9H,1-3H3,(H,26,28,30)/b12-6+. The summed E-state index contributed by atoms with van der Waals surface area (Å²) in [7, 11) is 4.12. The molecular formula is C21H16ClF3N2O6. The number of urea groups is 1. The van der Waals surface area contributed by atoms with Gasteiger partial charge in [-0.05, 0) is 42.0 Å². The molecule has 33 heavy (non-hydrogen) atoms. The van der Waals surface area contributed by atoms with E-state index in [4.69, 9.17) is 25.8 Å². The maximum absolute atomic E-state index is 13.1. The van der Waals surface area contributed by atoms with Crippen molar-refractivity contribution in [1.82, 2.24) is 5.32 Å². The van der Waals surface area contributed by atoms with E-state index in [9.17, 15) is 27.6 Å². The first-order valence-corrected chi connectivity index (χ1v) is 9.47. The maximum atomic E-state index is 13.1. The van der Waals surface area contributed by atoms with E-state index in [0.29, 0.717) is 17.0 Å². The van der Waals surface area contributed by atoms with Gasteiger partial charge in [0, 0.05) is 0 Å². The van der Waals surface area contributed by atoms with Gasteiger partial charge >= 0.3 is 12.2 Å². The smallest absolute Gasteiger partial charge is 0.416 e. The van der Waals surface area contributed by atoms with Crippen LogP contribution >= 0.6 is 11.6 Å². The molecule has 2 aromatic rings. The summed E-state index contributed by atoms with van der Waals surface area (Å²) in [6.45, 7) is 0. The van der Waals surface area contributed by atoms with Gasteiger partial charge in [-0.25, -0.2) is 9.69 Å². The highest BCUT2D eigenvalue weighted by Crippen LogP contribution is 2.40.